The van der Waals surface area contributed by atoms with Crippen LogP contribution in [0.2, 0.25) is 5.02 Å². The number of hydrogen-bond donors (Lipinski definition) is 0. The number of carbonyl (C=O) groups is 1. The molecule has 1 saturated carbocycles. The van der Waals surface area contributed by atoms with Gasteiger partial charge in [-0.25, -0.2) is 0 Å². The van der Waals surface area contributed by atoms with Gasteiger partial charge in [0.25, 0.3) is 0 Å². The van der Waals surface area contributed by atoms with Crippen molar-refractivity contribution >= 4 is 23.6 Å². The lowest BCUT2D eigenvalue weighted by Gasteiger charge is -2.34. The standard InChI is InChI=1S/C16H20ClNO2/c1-18(14-5-2-4-13(17)12(14)10-19)11-16-7-3-6-15(16)20-9-8-16/h2,4-5,10,15H,3,6-9,11H2,1H3/t15-,16-/m1/s1. The molecule has 0 N–H and O–H groups in total. The molecule has 1 aliphatic heterocycles. The molecule has 2 fully saturated rings. The van der Waals surface area contributed by atoms with Gasteiger partial charge in [0.05, 0.1) is 16.7 Å². The molecule has 20 heavy (non-hydrogen) atoms. The number of ether oxygens (including phenoxy) is 1. The second-order valence-corrected chi connectivity index (χ2v) is 6.42. The number of hydrogen-bond acceptors (Lipinski definition) is 3. The molecule has 2 atom stereocenters. The lowest BCUT2D eigenvalue weighted by atomic mass is 9.82. The summed E-state index contributed by atoms with van der Waals surface area (Å²) >= 11 is 6.12. The molecule has 2 aliphatic rings. The van der Waals surface area contributed by atoms with Crippen LogP contribution in [-0.2, 0) is 4.74 Å². The first kappa shape index (κ1) is 13.9. The summed E-state index contributed by atoms with van der Waals surface area (Å²) in [6.07, 6.45) is 6.00. The SMILES string of the molecule is CN(C[C@]12CCC[C@H]1OCC2)c1cccc(Cl)c1C=O. The van der Waals surface area contributed by atoms with E-state index in [-0.39, 0.29) is 5.41 Å². The van der Waals surface area contributed by atoms with Crippen LogP contribution in [-0.4, -0.2) is 32.6 Å². The molecule has 3 rings (SSSR count). The van der Waals surface area contributed by atoms with Crippen molar-refractivity contribution in [3.05, 3.63) is 28.8 Å². The van der Waals surface area contributed by atoms with Gasteiger partial charge in [0, 0.05) is 31.3 Å². The second-order valence-electron chi connectivity index (χ2n) is 6.01. The number of aldehydes is 1. The lowest BCUT2D eigenvalue weighted by molar-refractivity contribution is 0.0730. The lowest BCUT2D eigenvalue weighted by Crippen LogP contribution is -2.38. The van der Waals surface area contributed by atoms with Crippen LogP contribution in [0.15, 0.2) is 18.2 Å². The molecule has 1 aromatic rings. The van der Waals surface area contributed by atoms with Crippen molar-refractivity contribution in [1.29, 1.82) is 0 Å². The Morgan fingerprint density at radius 1 is 1.50 bits per heavy atom. The Morgan fingerprint density at radius 2 is 2.35 bits per heavy atom. The van der Waals surface area contributed by atoms with E-state index in [0.717, 1.165) is 31.5 Å². The van der Waals surface area contributed by atoms with Crippen molar-refractivity contribution in [2.24, 2.45) is 5.41 Å². The molecule has 0 unspecified atom stereocenters. The fraction of sp³-hybridized carbons (Fsp3) is 0.562. The highest BCUT2D eigenvalue weighted by Crippen LogP contribution is 2.48. The van der Waals surface area contributed by atoms with Crippen LogP contribution in [0.4, 0.5) is 5.69 Å². The van der Waals surface area contributed by atoms with Crippen molar-refractivity contribution in [2.75, 3.05) is 25.1 Å². The van der Waals surface area contributed by atoms with Crippen LogP contribution in [0.1, 0.15) is 36.0 Å². The minimum atomic E-state index is 0.261. The largest absolute Gasteiger partial charge is 0.378 e. The molecule has 1 saturated heterocycles. The van der Waals surface area contributed by atoms with E-state index in [1.807, 2.05) is 19.2 Å². The Bertz CT molecular complexity index is 507. The minimum absolute atomic E-state index is 0.261. The summed E-state index contributed by atoms with van der Waals surface area (Å²) in [5.74, 6) is 0. The summed E-state index contributed by atoms with van der Waals surface area (Å²) in [4.78, 5) is 13.4. The second kappa shape index (κ2) is 5.38. The minimum Gasteiger partial charge on any atom is -0.378 e. The molecular formula is C16H20ClNO2. The van der Waals surface area contributed by atoms with E-state index < -0.39 is 0 Å². The van der Waals surface area contributed by atoms with Gasteiger partial charge in [-0.15, -0.1) is 0 Å². The van der Waals surface area contributed by atoms with E-state index in [1.165, 1.54) is 19.3 Å². The Kier molecular flexibility index (Phi) is 3.74. The van der Waals surface area contributed by atoms with Gasteiger partial charge in [-0.3, -0.25) is 4.79 Å². The number of nitrogens with zero attached hydrogens (tertiary/aromatic N) is 1. The maximum Gasteiger partial charge on any atom is 0.153 e. The van der Waals surface area contributed by atoms with E-state index in [2.05, 4.69) is 4.90 Å². The molecule has 1 heterocycles. The van der Waals surface area contributed by atoms with Gasteiger partial charge in [0.2, 0.25) is 0 Å². The number of carbonyl (C=O) groups excluding carboxylic acids is 1. The Balaban J connectivity index is 1.85. The van der Waals surface area contributed by atoms with Gasteiger partial charge in [-0.1, -0.05) is 24.1 Å². The third kappa shape index (κ3) is 2.23. The predicted octanol–water partition coefficient (Wildman–Crippen LogP) is 3.55. The maximum absolute atomic E-state index is 11.3. The van der Waals surface area contributed by atoms with Crippen molar-refractivity contribution in [1.82, 2.24) is 0 Å². The molecule has 108 valence electrons. The smallest absolute Gasteiger partial charge is 0.153 e. The highest BCUT2D eigenvalue weighted by Gasteiger charge is 2.48. The molecule has 3 nitrogen and oxygen atoms in total. The van der Waals surface area contributed by atoms with Crippen LogP contribution in [0.3, 0.4) is 0 Å². The van der Waals surface area contributed by atoms with Crippen LogP contribution in [0.5, 0.6) is 0 Å². The summed E-state index contributed by atoms with van der Waals surface area (Å²) in [5, 5.41) is 0.521. The zero-order valence-corrected chi connectivity index (χ0v) is 12.5. The number of anilines is 1. The quantitative estimate of drug-likeness (QED) is 0.795. The van der Waals surface area contributed by atoms with Gasteiger partial charge in [0.15, 0.2) is 6.29 Å². The molecule has 0 amide bonds. The molecule has 0 aromatic heterocycles. The van der Waals surface area contributed by atoms with E-state index >= 15 is 0 Å². The normalized spacial score (nSPS) is 28.4. The van der Waals surface area contributed by atoms with Crippen molar-refractivity contribution in [2.45, 2.75) is 31.8 Å². The molecule has 0 bridgehead atoms. The molecule has 1 aliphatic carbocycles. The van der Waals surface area contributed by atoms with E-state index in [1.54, 1.807) is 6.07 Å². The van der Waals surface area contributed by atoms with Crippen molar-refractivity contribution in [3.8, 4) is 0 Å². The predicted molar refractivity (Wildman–Crippen MR) is 80.8 cm³/mol. The average Bonchev–Trinajstić information content (AvgIpc) is 2.97. The maximum atomic E-state index is 11.3. The van der Waals surface area contributed by atoms with Crippen LogP contribution < -0.4 is 4.90 Å². The van der Waals surface area contributed by atoms with Crippen molar-refractivity contribution in [3.63, 3.8) is 0 Å². The van der Waals surface area contributed by atoms with Gasteiger partial charge in [-0.2, -0.15) is 0 Å². The molecule has 0 spiro atoms. The number of rotatable bonds is 4. The molecular weight excluding hydrogens is 274 g/mol. The number of fused-ring (bicyclic) bond motifs is 1. The van der Waals surface area contributed by atoms with Crippen LogP contribution in [0.25, 0.3) is 0 Å². The van der Waals surface area contributed by atoms with Crippen LogP contribution in [0, 0.1) is 5.41 Å². The first-order chi connectivity index (χ1) is 9.66. The van der Waals surface area contributed by atoms with E-state index in [4.69, 9.17) is 16.3 Å². The summed E-state index contributed by atoms with van der Waals surface area (Å²) in [5.41, 5.74) is 1.76. The van der Waals surface area contributed by atoms with E-state index in [9.17, 15) is 4.79 Å². The first-order valence-electron chi connectivity index (χ1n) is 7.23. The highest BCUT2D eigenvalue weighted by molar-refractivity contribution is 6.33. The Morgan fingerprint density at radius 3 is 3.15 bits per heavy atom. The van der Waals surface area contributed by atoms with Gasteiger partial charge < -0.3 is 9.64 Å². The summed E-state index contributed by atoms with van der Waals surface area (Å²) < 4.78 is 5.88. The number of halogens is 1. The summed E-state index contributed by atoms with van der Waals surface area (Å²) in [6.45, 7) is 1.80. The van der Waals surface area contributed by atoms with Gasteiger partial charge >= 0.3 is 0 Å². The summed E-state index contributed by atoms with van der Waals surface area (Å²) in [6, 6.07) is 5.63. The fourth-order valence-electron chi connectivity index (χ4n) is 3.85. The van der Waals surface area contributed by atoms with Crippen LogP contribution >= 0.6 is 11.6 Å². The summed E-state index contributed by atoms with van der Waals surface area (Å²) in [7, 11) is 2.04. The topological polar surface area (TPSA) is 29.5 Å². The third-order valence-corrected chi connectivity index (χ3v) is 5.18. The zero-order valence-electron chi connectivity index (χ0n) is 11.8. The monoisotopic (exact) mass is 293 g/mol. The zero-order chi connectivity index (χ0) is 14.2. The van der Waals surface area contributed by atoms with Crippen molar-refractivity contribution < 1.29 is 9.53 Å². The van der Waals surface area contributed by atoms with E-state index in [0.29, 0.717) is 16.7 Å². The van der Waals surface area contributed by atoms with Gasteiger partial charge in [0.1, 0.15) is 0 Å². The number of benzene rings is 1. The fourth-order valence-corrected chi connectivity index (χ4v) is 4.06. The Hall–Kier alpha value is -1.06. The first-order valence-corrected chi connectivity index (χ1v) is 7.60. The average molecular weight is 294 g/mol. The molecule has 4 heteroatoms. The van der Waals surface area contributed by atoms with Gasteiger partial charge in [-0.05, 0) is 31.4 Å². The Labute approximate surface area is 124 Å². The third-order valence-electron chi connectivity index (χ3n) is 4.85. The molecule has 0 radical (unpaired) electrons. The highest BCUT2D eigenvalue weighted by atomic mass is 35.5. The molecule has 1 aromatic carbocycles.